The zero-order chi connectivity index (χ0) is 15.2. The lowest BCUT2D eigenvalue weighted by Gasteiger charge is -2.11. The summed E-state index contributed by atoms with van der Waals surface area (Å²) in [5, 5.41) is 2.72. The Morgan fingerprint density at radius 3 is 2.45 bits per heavy atom. The summed E-state index contributed by atoms with van der Waals surface area (Å²) in [6.45, 7) is 0.886. The second-order valence-corrected chi connectivity index (χ2v) is 5.25. The second-order valence-electron chi connectivity index (χ2n) is 4.14. The molecule has 3 nitrogen and oxygen atoms in total. The van der Waals surface area contributed by atoms with Crippen molar-refractivity contribution in [3.8, 4) is 5.75 Å². The van der Waals surface area contributed by atoms with Gasteiger partial charge in [-0.3, -0.25) is 4.79 Å². The standard InChI is InChI=1S/C13H15BrF3NO2/c1-2-11(14)12(19)18-7-9-3-5-10(6-4-9)20-8-13(15,16)17/h3-6,11H,2,7-8H2,1H3,(H,18,19). The zero-order valence-corrected chi connectivity index (χ0v) is 12.4. The molecule has 0 aliphatic heterocycles. The van der Waals surface area contributed by atoms with Crippen LogP contribution in [0.15, 0.2) is 24.3 Å². The molecule has 0 radical (unpaired) electrons. The normalized spacial score (nSPS) is 12.8. The summed E-state index contributed by atoms with van der Waals surface area (Å²) in [6.07, 6.45) is -3.67. The molecule has 0 spiro atoms. The van der Waals surface area contributed by atoms with E-state index < -0.39 is 12.8 Å². The molecule has 1 unspecified atom stereocenters. The number of carbonyl (C=O) groups is 1. The van der Waals surface area contributed by atoms with E-state index in [1.54, 1.807) is 12.1 Å². The van der Waals surface area contributed by atoms with Crippen molar-refractivity contribution in [3.05, 3.63) is 29.8 Å². The number of halogens is 4. The minimum absolute atomic E-state index is 0.120. The van der Waals surface area contributed by atoms with Gasteiger partial charge in [0.2, 0.25) is 5.91 Å². The van der Waals surface area contributed by atoms with Crippen LogP contribution in [0.1, 0.15) is 18.9 Å². The lowest BCUT2D eigenvalue weighted by molar-refractivity contribution is -0.153. The smallest absolute Gasteiger partial charge is 0.422 e. The molecule has 1 rings (SSSR count). The number of hydrogen-bond acceptors (Lipinski definition) is 2. The SMILES string of the molecule is CCC(Br)C(=O)NCc1ccc(OCC(F)(F)F)cc1. The topological polar surface area (TPSA) is 38.3 Å². The molecule has 20 heavy (non-hydrogen) atoms. The van der Waals surface area contributed by atoms with Crippen LogP contribution in [0.4, 0.5) is 13.2 Å². The highest BCUT2D eigenvalue weighted by Crippen LogP contribution is 2.18. The Hall–Kier alpha value is -1.24. The Balaban J connectivity index is 2.45. The maximum atomic E-state index is 12.0. The van der Waals surface area contributed by atoms with Gasteiger partial charge in [0, 0.05) is 6.54 Å². The number of alkyl halides is 4. The molecule has 0 aliphatic carbocycles. The summed E-state index contributed by atoms with van der Waals surface area (Å²) in [6, 6.07) is 6.11. The highest BCUT2D eigenvalue weighted by Gasteiger charge is 2.28. The molecule has 0 heterocycles. The molecule has 0 fully saturated rings. The number of ether oxygens (including phenoxy) is 1. The Labute approximate surface area is 123 Å². The third kappa shape index (κ3) is 6.27. The number of benzene rings is 1. The Morgan fingerprint density at radius 2 is 1.95 bits per heavy atom. The number of amides is 1. The molecule has 0 aromatic heterocycles. The predicted molar refractivity (Wildman–Crippen MR) is 72.8 cm³/mol. The minimum Gasteiger partial charge on any atom is -0.484 e. The fourth-order valence-corrected chi connectivity index (χ4v) is 1.52. The van der Waals surface area contributed by atoms with Crippen LogP contribution in [0.25, 0.3) is 0 Å². The van der Waals surface area contributed by atoms with Crippen molar-refractivity contribution < 1.29 is 22.7 Å². The van der Waals surface area contributed by atoms with E-state index in [1.165, 1.54) is 12.1 Å². The molecule has 0 saturated carbocycles. The van der Waals surface area contributed by atoms with Crippen LogP contribution in [0.3, 0.4) is 0 Å². The molecule has 1 aromatic rings. The van der Waals surface area contributed by atoms with Gasteiger partial charge in [0.05, 0.1) is 4.83 Å². The minimum atomic E-state index is -4.35. The Morgan fingerprint density at radius 1 is 1.35 bits per heavy atom. The molecule has 0 aliphatic rings. The predicted octanol–water partition coefficient (Wildman–Crippen LogP) is 3.42. The number of nitrogens with one attached hydrogen (secondary N) is 1. The van der Waals surface area contributed by atoms with Crippen LogP contribution in [0, 0.1) is 0 Å². The second kappa shape index (κ2) is 7.52. The van der Waals surface area contributed by atoms with Gasteiger partial charge < -0.3 is 10.1 Å². The lowest BCUT2D eigenvalue weighted by Crippen LogP contribution is -2.30. The van der Waals surface area contributed by atoms with E-state index >= 15 is 0 Å². The van der Waals surface area contributed by atoms with Crippen LogP contribution in [0.2, 0.25) is 0 Å². The number of carbonyl (C=O) groups excluding carboxylic acids is 1. The molecule has 1 atom stereocenters. The lowest BCUT2D eigenvalue weighted by atomic mass is 10.2. The van der Waals surface area contributed by atoms with Crippen molar-refractivity contribution in [1.29, 1.82) is 0 Å². The van der Waals surface area contributed by atoms with Gasteiger partial charge >= 0.3 is 6.18 Å². The molecular formula is C13H15BrF3NO2. The van der Waals surface area contributed by atoms with E-state index in [0.717, 1.165) is 5.56 Å². The van der Waals surface area contributed by atoms with Gasteiger partial charge in [-0.1, -0.05) is 35.0 Å². The first-order valence-corrected chi connectivity index (χ1v) is 6.93. The van der Waals surface area contributed by atoms with Crippen LogP contribution in [-0.2, 0) is 11.3 Å². The van der Waals surface area contributed by atoms with E-state index in [1.807, 2.05) is 6.92 Å². The first-order valence-electron chi connectivity index (χ1n) is 6.02. The van der Waals surface area contributed by atoms with E-state index in [9.17, 15) is 18.0 Å². The molecular weight excluding hydrogens is 339 g/mol. The van der Waals surface area contributed by atoms with Crippen molar-refractivity contribution in [2.75, 3.05) is 6.61 Å². The van der Waals surface area contributed by atoms with Crippen molar-refractivity contribution in [2.45, 2.75) is 30.9 Å². The van der Waals surface area contributed by atoms with Gasteiger partial charge in [0.1, 0.15) is 5.75 Å². The van der Waals surface area contributed by atoms with Crippen LogP contribution in [-0.4, -0.2) is 23.5 Å². The van der Waals surface area contributed by atoms with E-state index in [2.05, 4.69) is 26.0 Å². The molecule has 112 valence electrons. The Kier molecular flexibility index (Phi) is 6.32. The van der Waals surface area contributed by atoms with Gasteiger partial charge in [-0.15, -0.1) is 0 Å². The highest BCUT2D eigenvalue weighted by molar-refractivity contribution is 9.10. The number of hydrogen-bond donors (Lipinski definition) is 1. The summed E-state index contributed by atoms with van der Waals surface area (Å²) in [5.74, 6) is 0.0224. The molecule has 1 N–H and O–H groups in total. The van der Waals surface area contributed by atoms with Gasteiger partial charge in [-0.2, -0.15) is 13.2 Å². The van der Waals surface area contributed by atoms with Crippen molar-refractivity contribution in [3.63, 3.8) is 0 Å². The third-order valence-electron chi connectivity index (χ3n) is 2.44. The highest BCUT2D eigenvalue weighted by atomic mass is 79.9. The first-order chi connectivity index (χ1) is 9.31. The summed E-state index contributed by atoms with van der Waals surface area (Å²) in [4.78, 5) is 11.3. The first kappa shape index (κ1) is 16.8. The quantitative estimate of drug-likeness (QED) is 0.795. The van der Waals surface area contributed by atoms with Crippen molar-refractivity contribution in [2.24, 2.45) is 0 Å². The molecule has 0 saturated heterocycles. The molecule has 1 amide bonds. The largest absolute Gasteiger partial charge is 0.484 e. The van der Waals surface area contributed by atoms with E-state index in [-0.39, 0.29) is 16.5 Å². The molecule has 7 heteroatoms. The summed E-state index contributed by atoms with van der Waals surface area (Å²) < 4.78 is 40.5. The van der Waals surface area contributed by atoms with Crippen LogP contribution in [0.5, 0.6) is 5.75 Å². The van der Waals surface area contributed by atoms with Gasteiger partial charge in [0.15, 0.2) is 6.61 Å². The molecule has 1 aromatic carbocycles. The van der Waals surface area contributed by atoms with Gasteiger partial charge in [-0.25, -0.2) is 0 Å². The monoisotopic (exact) mass is 353 g/mol. The van der Waals surface area contributed by atoms with Gasteiger partial charge in [-0.05, 0) is 24.1 Å². The number of rotatable bonds is 6. The van der Waals surface area contributed by atoms with Crippen molar-refractivity contribution in [1.82, 2.24) is 5.32 Å². The maximum absolute atomic E-state index is 12.0. The summed E-state index contributed by atoms with van der Waals surface area (Å²) in [7, 11) is 0. The molecule has 0 bridgehead atoms. The maximum Gasteiger partial charge on any atom is 0.422 e. The fraction of sp³-hybridized carbons (Fsp3) is 0.462. The van der Waals surface area contributed by atoms with Crippen molar-refractivity contribution >= 4 is 21.8 Å². The van der Waals surface area contributed by atoms with Gasteiger partial charge in [0.25, 0.3) is 0 Å². The average Bonchev–Trinajstić information content (AvgIpc) is 2.41. The summed E-state index contributed by atoms with van der Waals surface area (Å²) >= 11 is 3.23. The zero-order valence-electron chi connectivity index (χ0n) is 10.8. The average molecular weight is 354 g/mol. The van der Waals surface area contributed by atoms with Crippen LogP contribution < -0.4 is 10.1 Å². The summed E-state index contributed by atoms with van der Waals surface area (Å²) in [5.41, 5.74) is 0.786. The van der Waals surface area contributed by atoms with Crippen LogP contribution >= 0.6 is 15.9 Å². The fourth-order valence-electron chi connectivity index (χ4n) is 1.35. The Bertz CT molecular complexity index is 434. The van der Waals surface area contributed by atoms with E-state index in [4.69, 9.17) is 0 Å². The third-order valence-corrected chi connectivity index (χ3v) is 3.50. The van der Waals surface area contributed by atoms with E-state index in [0.29, 0.717) is 13.0 Å².